The van der Waals surface area contributed by atoms with E-state index in [9.17, 15) is 4.79 Å². The highest BCUT2D eigenvalue weighted by atomic mass is 16.2. The molecule has 0 spiro atoms. The van der Waals surface area contributed by atoms with Crippen molar-refractivity contribution >= 4 is 17.3 Å². The molecule has 24 heavy (non-hydrogen) atoms. The summed E-state index contributed by atoms with van der Waals surface area (Å²) >= 11 is 0. The topological polar surface area (TPSA) is 48.5 Å². The van der Waals surface area contributed by atoms with Gasteiger partial charge in [0, 0.05) is 24.8 Å². The highest BCUT2D eigenvalue weighted by Gasteiger charge is 2.31. The van der Waals surface area contributed by atoms with Crippen molar-refractivity contribution in [1.82, 2.24) is 9.88 Å². The van der Waals surface area contributed by atoms with E-state index >= 15 is 0 Å². The molecule has 1 amide bonds. The number of rotatable bonds is 5. The number of hydrogen-bond acceptors (Lipinski definition) is 4. The lowest BCUT2D eigenvalue weighted by Gasteiger charge is -2.22. The minimum absolute atomic E-state index is 0.0349. The highest BCUT2D eigenvalue weighted by Crippen LogP contribution is 2.32. The standard InChI is InChI=1S/C19H24N4O/c1-14-12-15-6-4-5-7-18(15)23(14)19(24)17-9-8-16(13-21-17)20-10-11-22(2)3/h4-9,13-14,20H,10-12H2,1-3H3. The zero-order valence-corrected chi connectivity index (χ0v) is 14.5. The van der Waals surface area contributed by atoms with Gasteiger partial charge in [0.1, 0.15) is 5.69 Å². The van der Waals surface area contributed by atoms with Crippen molar-refractivity contribution in [3.63, 3.8) is 0 Å². The van der Waals surface area contributed by atoms with Crippen LogP contribution >= 0.6 is 0 Å². The van der Waals surface area contributed by atoms with Crippen LogP contribution in [0.1, 0.15) is 23.0 Å². The summed E-state index contributed by atoms with van der Waals surface area (Å²) in [7, 11) is 4.08. The molecule has 1 unspecified atom stereocenters. The van der Waals surface area contributed by atoms with Crippen LogP contribution in [0.3, 0.4) is 0 Å². The molecule has 1 aromatic carbocycles. The number of amides is 1. The third kappa shape index (κ3) is 3.41. The zero-order chi connectivity index (χ0) is 17.1. The number of aromatic nitrogens is 1. The smallest absolute Gasteiger partial charge is 0.277 e. The van der Waals surface area contributed by atoms with E-state index in [-0.39, 0.29) is 11.9 Å². The van der Waals surface area contributed by atoms with Gasteiger partial charge in [0.2, 0.25) is 0 Å². The zero-order valence-electron chi connectivity index (χ0n) is 14.5. The molecule has 0 fully saturated rings. The van der Waals surface area contributed by atoms with Gasteiger partial charge < -0.3 is 15.1 Å². The maximum Gasteiger partial charge on any atom is 0.277 e. The molecule has 3 rings (SSSR count). The van der Waals surface area contributed by atoms with Crippen molar-refractivity contribution in [2.45, 2.75) is 19.4 Å². The van der Waals surface area contributed by atoms with Gasteiger partial charge in [0.05, 0.1) is 11.9 Å². The van der Waals surface area contributed by atoms with Crippen LogP contribution in [-0.4, -0.2) is 49.0 Å². The fourth-order valence-electron chi connectivity index (χ4n) is 3.05. The Morgan fingerprint density at radius 2 is 2.08 bits per heavy atom. The number of likely N-dealkylation sites (N-methyl/N-ethyl adjacent to an activating group) is 1. The van der Waals surface area contributed by atoms with Gasteiger partial charge in [0.15, 0.2) is 0 Å². The first-order valence-corrected chi connectivity index (χ1v) is 8.32. The van der Waals surface area contributed by atoms with Gasteiger partial charge in [-0.15, -0.1) is 0 Å². The number of fused-ring (bicyclic) bond motifs is 1. The average molecular weight is 324 g/mol. The SMILES string of the molecule is CC1Cc2ccccc2N1C(=O)c1ccc(NCCN(C)C)cn1. The van der Waals surface area contributed by atoms with Crippen molar-refractivity contribution in [3.05, 3.63) is 53.9 Å². The summed E-state index contributed by atoms with van der Waals surface area (Å²) in [5.41, 5.74) is 3.64. The molecule has 2 aromatic rings. The van der Waals surface area contributed by atoms with E-state index in [1.807, 2.05) is 43.3 Å². The summed E-state index contributed by atoms with van der Waals surface area (Å²) < 4.78 is 0. The van der Waals surface area contributed by atoms with Crippen LogP contribution in [0, 0.1) is 0 Å². The third-order valence-electron chi connectivity index (χ3n) is 4.30. The van der Waals surface area contributed by atoms with Crippen molar-refractivity contribution in [2.24, 2.45) is 0 Å². The van der Waals surface area contributed by atoms with Crippen LogP contribution in [-0.2, 0) is 6.42 Å². The Morgan fingerprint density at radius 3 is 2.79 bits per heavy atom. The number of nitrogens with one attached hydrogen (secondary N) is 1. The second-order valence-corrected chi connectivity index (χ2v) is 6.52. The average Bonchev–Trinajstić information content (AvgIpc) is 2.90. The van der Waals surface area contributed by atoms with E-state index in [2.05, 4.69) is 28.2 Å². The Hall–Kier alpha value is -2.40. The van der Waals surface area contributed by atoms with Gasteiger partial charge in [-0.25, -0.2) is 4.98 Å². The lowest BCUT2D eigenvalue weighted by Crippen LogP contribution is -2.36. The highest BCUT2D eigenvalue weighted by molar-refractivity contribution is 6.06. The quantitative estimate of drug-likeness (QED) is 0.918. The second-order valence-electron chi connectivity index (χ2n) is 6.52. The summed E-state index contributed by atoms with van der Waals surface area (Å²) in [5, 5.41) is 3.31. The molecule has 1 aliphatic heterocycles. The Bertz CT molecular complexity index is 712. The molecule has 1 aromatic heterocycles. The van der Waals surface area contributed by atoms with Crippen LogP contribution in [0.15, 0.2) is 42.6 Å². The summed E-state index contributed by atoms with van der Waals surface area (Å²) in [4.78, 5) is 21.2. The first-order valence-electron chi connectivity index (χ1n) is 8.32. The maximum absolute atomic E-state index is 12.9. The maximum atomic E-state index is 12.9. The first kappa shape index (κ1) is 16.5. The molecule has 0 saturated carbocycles. The van der Waals surface area contributed by atoms with Crippen molar-refractivity contribution in [1.29, 1.82) is 0 Å². The minimum Gasteiger partial charge on any atom is -0.383 e. The van der Waals surface area contributed by atoms with Gasteiger partial charge in [-0.2, -0.15) is 0 Å². The van der Waals surface area contributed by atoms with Gasteiger partial charge in [0.25, 0.3) is 5.91 Å². The Labute approximate surface area is 143 Å². The Balaban J connectivity index is 1.71. The molecule has 0 radical (unpaired) electrons. The first-order chi connectivity index (χ1) is 11.6. The number of carbonyl (C=O) groups excluding carboxylic acids is 1. The summed E-state index contributed by atoms with van der Waals surface area (Å²) in [6.45, 7) is 3.87. The molecule has 1 atom stereocenters. The summed E-state index contributed by atoms with van der Waals surface area (Å²) in [5.74, 6) is -0.0349. The number of para-hydroxylation sites is 1. The van der Waals surface area contributed by atoms with Gasteiger partial charge in [-0.3, -0.25) is 4.79 Å². The molecule has 5 heteroatoms. The van der Waals surface area contributed by atoms with Crippen LogP contribution < -0.4 is 10.2 Å². The molecular formula is C19H24N4O. The summed E-state index contributed by atoms with van der Waals surface area (Å²) in [6, 6.07) is 12.0. The molecule has 0 aliphatic carbocycles. The molecule has 5 nitrogen and oxygen atoms in total. The fraction of sp³-hybridized carbons (Fsp3) is 0.368. The Morgan fingerprint density at radius 1 is 1.29 bits per heavy atom. The number of anilines is 2. The van der Waals surface area contributed by atoms with Gasteiger partial charge in [-0.05, 0) is 51.2 Å². The molecule has 126 valence electrons. The number of nitrogens with zero attached hydrogens (tertiary/aromatic N) is 3. The van der Waals surface area contributed by atoms with Crippen molar-refractivity contribution < 1.29 is 4.79 Å². The van der Waals surface area contributed by atoms with Crippen molar-refractivity contribution in [3.8, 4) is 0 Å². The van der Waals surface area contributed by atoms with Crippen LogP contribution in [0.5, 0.6) is 0 Å². The summed E-state index contributed by atoms with van der Waals surface area (Å²) in [6.07, 6.45) is 2.63. The monoisotopic (exact) mass is 324 g/mol. The molecular weight excluding hydrogens is 300 g/mol. The van der Waals surface area contributed by atoms with Crippen LogP contribution in [0.25, 0.3) is 0 Å². The minimum atomic E-state index is -0.0349. The van der Waals surface area contributed by atoms with E-state index in [1.54, 1.807) is 12.3 Å². The predicted molar refractivity (Wildman–Crippen MR) is 97.7 cm³/mol. The number of hydrogen-bond donors (Lipinski definition) is 1. The van der Waals surface area contributed by atoms with Gasteiger partial charge >= 0.3 is 0 Å². The molecule has 2 heterocycles. The number of benzene rings is 1. The van der Waals surface area contributed by atoms with E-state index in [0.717, 1.165) is 30.9 Å². The second kappa shape index (κ2) is 7.01. The fourth-order valence-corrected chi connectivity index (χ4v) is 3.05. The normalized spacial score (nSPS) is 16.3. The third-order valence-corrected chi connectivity index (χ3v) is 4.30. The number of carbonyl (C=O) groups is 1. The molecule has 0 bridgehead atoms. The van der Waals surface area contributed by atoms with Gasteiger partial charge in [-0.1, -0.05) is 18.2 Å². The van der Waals surface area contributed by atoms with E-state index in [0.29, 0.717) is 5.69 Å². The molecule has 1 aliphatic rings. The predicted octanol–water partition coefficient (Wildman–Crippen LogP) is 2.65. The lowest BCUT2D eigenvalue weighted by molar-refractivity contribution is 0.0976. The van der Waals surface area contributed by atoms with E-state index < -0.39 is 0 Å². The Kier molecular flexibility index (Phi) is 4.81. The molecule has 0 saturated heterocycles. The van der Waals surface area contributed by atoms with Crippen LogP contribution in [0.4, 0.5) is 11.4 Å². The van der Waals surface area contributed by atoms with E-state index in [4.69, 9.17) is 0 Å². The van der Waals surface area contributed by atoms with Crippen LogP contribution in [0.2, 0.25) is 0 Å². The number of pyridine rings is 1. The lowest BCUT2D eigenvalue weighted by atomic mass is 10.1. The van der Waals surface area contributed by atoms with E-state index in [1.165, 1.54) is 5.56 Å². The largest absolute Gasteiger partial charge is 0.383 e. The van der Waals surface area contributed by atoms with Crippen molar-refractivity contribution in [2.75, 3.05) is 37.4 Å². The molecule has 1 N–H and O–H groups in total.